The summed E-state index contributed by atoms with van der Waals surface area (Å²) in [4.78, 5) is 14.7. The molecule has 2 aliphatic heterocycles. The van der Waals surface area contributed by atoms with Crippen molar-refractivity contribution in [1.82, 2.24) is 10.2 Å². The third kappa shape index (κ3) is 3.41. The maximum Gasteiger partial charge on any atom is 0.239 e. The van der Waals surface area contributed by atoms with Crippen LogP contribution >= 0.6 is 11.8 Å². The molecule has 18 heavy (non-hydrogen) atoms. The minimum absolute atomic E-state index is 0.0490. The highest BCUT2D eigenvalue weighted by atomic mass is 32.2. The molecule has 2 saturated heterocycles. The molecule has 0 aliphatic carbocycles. The van der Waals surface area contributed by atoms with Gasteiger partial charge in [0, 0.05) is 12.6 Å². The van der Waals surface area contributed by atoms with Crippen LogP contribution in [0.1, 0.15) is 39.0 Å². The number of thioether (sulfide) groups is 1. The fourth-order valence-corrected chi connectivity index (χ4v) is 4.26. The molecule has 0 bridgehead atoms. The van der Waals surface area contributed by atoms with Gasteiger partial charge in [-0.2, -0.15) is 11.8 Å². The number of likely N-dealkylation sites (tertiary alicyclic amines) is 1. The maximum atomic E-state index is 12.5. The van der Waals surface area contributed by atoms with Gasteiger partial charge in [0.2, 0.25) is 5.91 Å². The van der Waals surface area contributed by atoms with E-state index in [4.69, 9.17) is 0 Å². The summed E-state index contributed by atoms with van der Waals surface area (Å²) in [6.45, 7) is 3.20. The first-order valence-electron chi connectivity index (χ1n) is 7.28. The summed E-state index contributed by atoms with van der Waals surface area (Å²) in [6, 6.07) is 0.471. The van der Waals surface area contributed by atoms with Crippen LogP contribution in [0.4, 0.5) is 0 Å². The van der Waals surface area contributed by atoms with Crippen LogP contribution in [0, 0.1) is 5.92 Å². The summed E-state index contributed by atoms with van der Waals surface area (Å²) in [7, 11) is 1.91. The van der Waals surface area contributed by atoms with E-state index in [1.807, 2.05) is 7.05 Å². The van der Waals surface area contributed by atoms with Crippen LogP contribution < -0.4 is 5.32 Å². The second-order valence-corrected chi connectivity index (χ2v) is 6.89. The highest BCUT2D eigenvalue weighted by Crippen LogP contribution is 2.26. The Morgan fingerprint density at radius 3 is 2.67 bits per heavy atom. The minimum Gasteiger partial charge on any atom is -0.338 e. The lowest BCUT2D eigenvalue weighted by Gasteiger charge is -2.34. The molecule has 0 aromatic carbocycles. The monoisotopic (exact) mass is 270 g/mol. The number of nitrogens with zero attached hydrogens (tertiary/aromatic N) is 1. The Kier molecular flexibility index (Phi) is 5.37. The van der Waals surface area contributed by atoms with Gasteiger partial charge in [0.05, 0.1) is 6.04 Å². The molecule has 4 heteroatoms. The van der Waals surface area contributed by atoms with Gasteiger partial charge in [-0.25, -0.2) is 0 Å². The predicted molar refractivity (Wildman–Crippen MR) is 77.9 cm³/mol. The molecule has 0 spiro atoms. The van der Waals surface area contributed by atoms with Crippen LogP contribution in [0.5, 0.6) is 0 Å². The van der Waals surface area contributed by atoms with E-state index in [0.717, 1.165) is 31.7 Å². The minimum atomic E-state index is 0.0490. The number of amides is 1. The lowest BCUT2D eigenvalue weighted by atomic mass is 10.0. The van der Waals surface area contributed by atoms with Gasteiger partial charge < -0.3 is 10.2 Å². The van der Waals surface area contributed by atoms with E-state index in [0.29, 0.717) is 11.9 Å². The number of hydrogen-bond acceptors (Lipinski definition) is 3. The number of carbonyl (C=O) groups is 1. The molecule has 0 aromatic rings. The molecule has 2 unspecified atom stereocenters. The number of rotatable bonds is 3. The van der Waals surface area contributed by atoms with Crippen LogP contribution in [-0.2, 0) is 4.79 Å². The largest absolute Gasteiger partial charge is 0.338 e. The summed E-state index contributed by atoms with van der Waals surface area (Å²) < 4.78 is 0. The van der Waals surface area contributed by atoms with Crippen LogP contribution in [0.25, 0.3) is 0 Å². The van der Waals surface area contributed by atoms with Crippen LogP contribution in [-0.4, -0.2) is 48.0 Å². The van der Waals surface area contributed by atoms with E-state index in [1.165, 1.54) is 24.3 Å². The Morgan fingerprint density at radius 2 is 2.00 bits per heavy atom. The average molecular weight is 270 g/mol. The summed E-state index contributed by atoms with van der Waals surface area (Å²) >= 11 is 2.06. The van der Waals surface area contributed by atoms with Gasteiger partial charge in [-0.15, -0.1) is 0 Å². The molecular formula is C14H26N2OS. The van der Waals surface area contributed by atoms with E-state index in [2.05, 4.69) is 28.9 Å². The Bertz CT molecular complexity index is 279. The van der Waals surface area contributed by atoms with Crippen molar-refractivity contribution in [2.75, 3.05) is 25.1 Å². The fourth-order valence-electron chi connectivity index (χ4n) is 3.06. The first kappa shape index (κ1) is 14.2. The standard InChI is InChI=1S/C14H26N2OS/c1-11-4-3-5-13(15-2)14(17)16(11)10-12-6-8-18-9-7-12/h11-13,15H,3-10H2,1-2H3. The van der Waals surface area contributed by atoms with Gasteiger partial charge in [-0.3, -0.25) is 4.79 Å². The molecule has 1 N–H and O–H groups in total. The molecule has 0 saturated carbocycles. The van der Waals surface area contributed by atoms with Crippen LogP contribution in [0.15, 0.2) is 0 Å². The van der Waals surface area contributed by atoms with Gasteiger partial charge in [-0.05, 0) is 63.5 Å². The molecule has 0 aromatic heterocycles. The summed E-state index contributed by atoms with van der Waals surface area (Å²) in [6.07, 6.45) is 5.88. The van der Waals surface area contributed by atoms with E-state index in [-0.39, 0.29) is 6.04 Å². The lowest BCUT2D eigenvalue weighted by molar-refractivity contribution is -0.135. The summed E-state index contributed by atoms with van der Waals surface area (Å²) in [5, 5.41) is 3.19. The molecule has 0 radical (unpaired) electrons. The number of likely N-dealkylation sites (N-methyl/N-ethyl adjacent to an activating group) is 1. The van der Waals surface area contributed by atoms with Crippen molar-refractivity contribution in [3.8, 4) is 0 Å². The topological polar surface area (TPSA) is 32.3 Å². The van der Waals surface area contributed by atoms with Crippen molar-refractivity contribution in [1.29, 1.82) is 0 Å². The lowest BCUT2D eigenvalue weighted by Crippen LogP contribution is -2.48. The molecule has 2 fully saturated rings. The smallest absolute Gasteiger partial charge is 0.239 e. The molecule has 3 nitrogen and oxygen atoms in total. The maximum absolute atomic E-state index is 12.5. The second-order valence-electron chi connectivity index (χ2n) is 5.67. The van der Waals surface area contributed by atoms with E-state index in [9.17, 15) is 4.79 Å². The first-order valence-corrected chi connectivity index (χ1v) is 8.43. The highest BCUT2D eigenvalue weighted by molar-refractivity contribution is 7.99. The van der Waals surface area contributed by atoms with Crippen LogP contribution in [0.2, 0.25) is 0 Å². The second kappa shape index (κ2) is 6.80. The molecule has 2 rings (SSSR count). The number of hydrogen-bond donors (Lipinski definition) is 1. The van der Waals surface area contributed by atoms with Crippen molar-refractivity contribution in [3.05, 3.63) is 0 Å². The third-order valence-corrected chi connectivity index (χ3v) is 5.42. The fraction of sp³-hybridized carbons (Fsp3) is 0.929. The SMILES string of the molecule is CNC1CCCC(C)N(CC2CCSCC2)C1=O. The van der Waals surface area contributed by atoms with Crippen molar-refractivity contribution in [2.24, 2.45) is 5.92 Å². The molecular weight excluding hydrogens is 244 g/mol. The van der Waals surface area contributed by atoms with Crippen molar-refractivity contribution in [2.45, 2.75) is 51.1 Å². The van der Waals surface area contributed by atoms with E-state index in [1.54, 1.807) is 0 Å². The Labute approximate surface area is 115 Å². The molecule has 2 atom stereocenters. The van der Waals surface area contributed by atoms with Crippen molar-refractivity contribution in [3.63, 3.8) is 0 Å². The summed E-state index contributed by atoms with van der Waals surface area (Å²) in [5.41, 5.74) is 0. The molecule has 2 aliphatic rings. The van der Waals surface area contributed by atoms with Gasteiger partial charge in [0.1, 0.15) is 0 Å². The normalized spacial score (nSPS) is 31.4. The number of carbonyl (C=O) groups excluding carboxylic acids is 1. The van der Waals surface area contributed by atoms with Crippen LogP contribution in [0.3, 0.4) is 0 Å². The van der Waals surface area contributed by atoms with Gasteiger partial charge in [-0.1, -0.05) is 0 Å². The predicted octanol–water partition coefficient (Wildman–Crippen LogP) is 2.12. The average Bonchev–Trinajstić information content (AvgIpc) is 2.53. The van der Waals surface area contributed by atoms with E-state index >= 15 is 0 Å². The van der Waals surface area contributed by atoms with Crippen molar-refractivity contribution < 1.29 is 4.79 Å². The van der Waals surface area contributed by atoms with Crippen molar-refractivity contribution >= 4 is 17.7 Å². The molecule has 2 heterocycles. The zero-order valence-electron chi connectivity index (χ0n) is 11.7. The summed E-state index contributed by atoms with van der Waals surface area (Å²) in [5.74, 6) is 3.61. The third-order valence-electron chi connectivity index (χ3n) is 4.37. The molecule has 104 valence electrons. The first-order chi connectivity index (χ1) is 8.72. The van der Waals surface area contributed by atoms with Gasteiger partial charge in [0.15, 0.2) is 0 Å². The van der Waals surface area contributed by atoms with E-state index < -0.39 is 0 Å². The Morgan fingerprint density at radius 1 is 1.28 bits per heavy atom. The quantitative estimate of drug-likeness (QED) is 0.852. The van der Waals surface area contributed by atoms with Gasteiger partial charge in [0.25, 0.3) is 0 Å². The Hall–Kier alpha value is -0.220. The van der Waals surface area contributed by atoms with Gasteiger partial charge >= 0.3 is 0 Å². The number of nitrogens with one attached hydrogen (secondary N) is 1. The Balaban J connectivity index is 1.99. The highest BCUT2D eigenvalue weighted by Gasteiger charge is 2.31. The zero-order chi connectivity index (χ0) is 13.0. The zero-order valence-corrected chi connectivity index (χ0v) is 12.5. The molecule has 1 amide bonds.